The molecule has 1 unspecified atom stereocenters. The van der Waals surface area contributed by atoms with E-state index < -0.39 is 29.1 Å². The Hall–Kier alpha value is -4.70. The minimum atomic E-state index is -1.18. The fourth-order valence-corrected chi connectivity index (χ4v) is 5.05. The van der Waals surface area contributed by atoms with Crippen LogP contribution in [0.5, 0.6) is 0 Å². The van der Waals surface area contributed by atoms with Crippen molar-refractivity contribution in [3.8, 4) is 0 Å². The second kappa shape index (κ2) is 14.6. The Morgan fingerprint density at radius 2 is 1.43 bits per heavy atom. The molecule has 0 bridgehead atoms. The molecule has 0 spiro atoms. The van der Waals surface area contributed by atoms with E-state index in [2.05, 4.69) is 5.32 Å². The molecule has 0 aromatic heterocycles. The van der Waals surface area contributed by atoms with Crippen molar-refractivity contribution in [3.63, 3.8) is 0 Å². The van der Waals surface area contributed by atoms with Gasteiger partial charge in [0.1, 0.15) is 18.2 Å². The number of amides is 4. The summed E-state index contributed by atoms with van der Waals surface area (Å²) in [7, 11) is 0. The topological polar surface area (TPSA) is 108 Å². The number of ether oxygens (including phenoxy) is 2. The Balaban J connectivity index is 1.65. The van der Waals surface area contributed by atoms with Gasteiger partial charge in [0.2, 0.25) is 11.8 Å². The summed E-state index contributed by atoms with van der Waals surface area (Å²) in [4.78, 5) is 59.5. The maximum atomic E-state index is 14.3. The van der Waals surface area contributed by atoms with Crippen LogP contribution in [0.4, 0.5) is 21.9 Å². The minimum Gasteiger partial charge on any atom is -0.444 e. The molecule has 1 aliphatic rings. The summed E-state index contributed by atoms with van der Waals surface area (Å²) in [6.07, 6.45) is -0.798. The van der Waals surface area contributed by atoms with Crippen LogP contribution in [-0.2, 0) is 30.5 Å². The first-order valence-electron chi connectivity index (χ1n) is 15.4. The van der Waals surface area contributed by atoms with E-state index in [0.29, 0.717) is 23.7 Å². The first kappa shape index (κ1) is 34.2. The van der Waals surface area contributed by atoms with Crippen LogP contribution < -0.4 is 20.0 Å². The molecular formula is C36H44N4O6. The van der Waals surface area contributed by atoms with E-state index in [1.165, 1.54) is 9.80 Å². The van der Waals surface area contributed by atoms with Crippen LogP contribution in [0.15, 0.2) is 84.9 Å². The van der Waals surface area contributed by atoms with E-state index in [1.54, 1.807) is 70.7 Å². The van der Waals surface area contributed by atoms with Crippen LogP contribution in [0, 0.1) is 5.41 Å². The summed E-state index contributed by atoms with van der Waals surface area (Å²) in [5, 5.41) is 2.67. The van der Waals surface area contributed by atoms with Gasteiger partial charge in [0.25, 0.3) is 5.91 Å². The highest BCUT2D eigenvalue weighted by atomic mass is 16.6. The number of fused-ring (bicyclic) bond motifs is 1. The van der Waals surface area contributed by atoms with Crippen LogP contribution >= 0.6 is 0 Å². The fourth-order valence-electron chi connectivity index (χ4n) is 5.05. The number of hydrogen-bond acceptors (Lipinski definition) is 6. The van der Waals surface area contributed by atoms with Crippen LogP contribution in [-0.4, -0.2) is 61.7 Å². The maximum Gasteiger partial charge on any atom is 0.408 e. The normalized spacial score (nSPS) is 15.1. The number of carbonyl (C=O) groups excluding carboxylic acids is 4. The van der Waals surface area contributed by atoms with E-state index >= 15 is 0 Å². The summed E-state index contributed by atoms with van der Waals surface area (Å²) in [5.41, 5.74) is 0.927. The molecule has 0 aliphatic carbocycles. The van der Waals surface area contributed by atoms with Gasteiger partial charge in [-0.15, -0.1) is 0 Å². The molecule has 10 heteroatoms. The van der Waals surface area contributed by atoms with Crippen molar-refractivity contribution in [2.75, 3.05) is 40.9 Å². The first-order valence-corrected chi connectivity index (χ1v) is 15.4. The minimum absolute atomic E-state index is 0.133. The van der Waals surface area contributed by atoms with Gasteiger partial charge in [0, 0.05) is 17.6 Å². The molecule has 0 saturated carbocycles. The maximum absolute atomic E-state index is 14.3. The van der Waals surface area contributed by atoms with Gasteiger partial charge < -0.3 is 24.6 Å². The summed E-state index contributed by atoms with van der Waals surface area (Å²) < 4.78 is 11.4. The third-order valence-corrected chi connectivity index (χ3v) is 7.20. The van der Waals surface area contributed by atoms with Crippen molar-refractivity contribution in [2.24, 2.45) is 5.41 Å². The van der Waals surface area contributed by atoms with Crippen molar-refractivity contribution in [2.45, 2.75) is 59.8 Å². The molecule has 0 radical (unpaired) electrons. The average molecular weight is 629 g/mol. The zero-order valence-corrected chi connectivity index (χ0v) is 27.5. The van der Waals surface area contributed by atoms with E-state index in [4.69, 9.17) is 9.47 Å². The Morgan fingerprint density at radius 1 is 0.848 bits per heavy atom. The standard InChI is InChI=1S/C36H44N4O6/c1-35(2,3)33(43)40-23-28(37-34(44)46-36(4,5)6)32(42)39(29-19-13-14-20-30(29)40)24-31(41)38(27-17-11-8-12-18-27)21-22-45-25-26-15-9-7-10-16-26/h7-20,28H,21-25H2,1-6H3,(H,37,44). The highest BCUT2D eigenvalue weighted by molar-refractivity contribution is 6.12. The molecule has 10 nitrogen and oxygen atoms in total. The van der Waals surface area contributed by atoms with Crippen molar-refractivity contribution < 1.29 is 28.7 Å². The molecule has 4 rings (SSSR count). The number of nitrogens with one attached hydrogen (secondary N) is 1. The third kappa shape index (κ3) is 8.94. The van der Waals surface area contributed by atoms with E-state index in [1.807, 2.05) is 60.7 Å². The molecule has 46 heavy (non-hydrogen) atoms. The smallest absolute Gasteiger partial charge is 0.408 e. The number of carbonyl (C=O) groups is 4. The lowest BCUT2D eigenvalue weighted by atomic mass is 9.94. The number of nitrogens with zero attached hydrogens (tertiary/aromatic N) is 3. The summed E-state index contributed by atoms with van der Waals surface area (Å²) in [6, 6.07) is 24.7. The number of anilines is 3. The van der Waals surface area contributed by atoms with Crippen molar-refractivity contribution in [1.82, 2.24) is 5.32 Å². The SMILES string of the molecule is CC(C)(C)OC(=O)NC1CN(C(=O)C(C)(C)C)c2ccccc2N(CC(=O)N(CCOCc2ccccc2)c2ccccc2)C1=O. The number of alkyl carbamates (subject to hydrolysis) is 1. The van der Waals surface area contributed by atoms with Gasteiger partial charge in [-0.1, -0.05) is 81.4 Å². The number of benzene rings is 3. The molecule has 3 aromatic carbocycles. The summed E-state index contributed by atoms with van der Waals surface area (Å²) in [6.45, 7) is 11.0. The van der Waals surface area contributed by atoms with Gasteiger partial charge in [0.05, 0.1) is 31.1 Å². The molecule has 1 heterocycles. The molecule has 1 N–H and O–H groups in total. The number of para-hydroxylation sites is 3. The highest BCUT2D eigenvalue weighted by Gasteiger charge is 2.41. The van der Waals surface area contributed by atoms with E-state index in [0.717, 1.165) is 5.56 Å². The van der Waals surface area contributed by atoms with Gasteiger partial charge in [-0.05, 0) is 50.6 Å². The first-order chi connectivity index (χ1) is 21.7. The van der Waals surface area contributed by atoms with Crippen molar-refractivity contribution in [3.05, 3.63) is 90.5 Å². The Labute approximate surface area is 271 Å². The molecular weight excluding hydrogens is 584 g/mol. The van der Waals surface area contributed by atoms with E-state index in [9.17, 15) is 19.2 Å². The Kier molecular flexibility index (Phi) is 10.8. The fraction of sp³-hybridized carbons (Fsp3) is 0.389. The van der Waals surface area contributed by atoms with Crippen molar-refractivity contribution in [1.29, 1.82) is 0 Å². The van der Waals surface area contributed by atoms with Gasteiger partial charge in [0.15, 0.2) is 0 Å². The molecule has 244 valence electrons. The van der Waals surface area contributed by atoms with Gasteiger partial charge in [-0.3, -0.25) is 19.3 Å². The third-order valence-electron chi connectivity index (χ3n) is 7.20. The average Bonchev–Trinajstić information content (AvgIpc) is 3.11. The number of rotatable bonds is 9. The van der Waals surface area contributed by atoms with Gasteiger partial charge in [-0.25, -0.2) is 4.79 Å². The zero-order chi connectivity index (χ0) is 33.5. The molecule has 0 fully saturated rings. The van der Waals surface area contributed by atoms with Gasteiger partial charge >= 0.3 is 6.09 Å². The predicted octanol–water partition coefficient (Wildman–Crippen LogP) is 5.56. The van der Waals surface area contributed by atoms with E-state index in [-0.39, 0.29) is 38.1 Å². The predicted molar refractivity (Wildman–Crippen MR) is 179 cm³/mol. The quantitative estimate of drug-likeness (QED) is 0.311. The van der Waals surface area contributed by atoms with Crippen LogP contribution in [0.25, 0.3) is 0 Å². The zero-order valence-electron chi connectivity index (χ0n) is 27.5. The summed E-state index contributed by atoms with van der Waals surface area (Å²) >= 11 is 0. The lowest BCUT2D eigenvalue weighted by Crippen LogP contribution is -2.56. The van der Waals surface area contributed by atoms with Crippen LogP contribution in [0.1, 0.15) is 47.1 Å². The molecule has 1 atom stereocenters. The molecule has 0 saturated heterocycles. The Bertz CT molecular complexity index is 1510. The second-order valence-electron chi connectivity index (χ2n) is 13.2. The van der Waals surface area contributed by atoms with Crippen LogP contribution in [0.3, 0.4) is 0 Å². The Morgan fingerprint density at radius 3 is 2.04 bits per heavy atom. The second-order valence-corrected chi connectivity index (χ2v) is 13.2. The largest absolute Gasteiger partial charge is 0.444 e. The van der Waals surface area contributed by atoms with Crippen LogP contribution in [0.2, 0.25) is 0 Å². The lowest BCUT2D eigenvalue weighted by Gasteiger charge is -2.31. The molecule has 4 amide bonds. The summed E-state index contributed by atoms with van der Waals surface area (Å²) in [5.74, 6) is -1.13. The van der Waals surface area contributed by atoms with Crippen molar-refractivity contribution >= 4 is 40.9 Å². The molecule has 1 aliphatic heterocycles. The highest BCUT2D eigenvalue weighted by Crippen LogP contribution is 2.35. The lowest BCUT2D eigenvalue weighted by molar-refractivity contribution is -0.126. The molecule has 3 aromatic rings. The van der Waals surface area contributed by atoms with Gasteiger partial charge in [-0.2, -0.15) is 0 Å². The monoisotopic (exact) mass is 628 g/mol. The number of hydrogen-bond donors (Lipinski definition) is 1.